The molecule has 0 aliphatic carbocycles. The quantitative estimate of drug-likeness (QED) is 0.862. The van der Waals surface area contributed by atoms with Crippen LogP contribution in [0.2, 0.25) is 0 Å². The van der Waals surface area contributed by atoms with E-state index in [9.17, 15) is 9.18 Å². The molecule has 1 aliphatic heterocycles. The van der Waals surface area contributed by atoms with Gasteiger partial charge in [-0.05, 0) is 44.0 Å². The van der Waals surface area contributed by atoms with Crippen molar-refractivity contribution in [2.75, 3.05) is 11.9 Å². The van der Waals surface area contributed by atoms with Gasteiger partial charge in [-0.2, -0.15) is 0 Å². The first-order valence-electron chi connectivity index (χ1n) is 6.53. The Labute approximate surface area is 107 Å². The number of hydrogen-bond donors (Lipinski definition) is 2. The second-order valence-electron chi connectivity index (χ2n) is 4.74. The summed E-state index contributed by atoms with van der Waals surface area (Å²) in [5.41, 5.74) is 0.525. The van der Waals surface area contributed by atoms with Crippen molar-refractivity contribution in [2.45, 2.75) is 38.1 Å². The Morgan fingerprint density at radius 2 is 2.33 bits per heavy atom. The average molecular weight is 250 g/mol. The van der Waals surface area contributed by atoms with E-state index in [4.69, 9.17) is 0 Å². The fourth-order valence-corrected chi connectivity index (χ4v) is 2.27. The molecule has 1 saturated heterocycles. The highest BCUT2D eigenvalue weighted by molar-refractivity contribution is 5.90. The van der Waals surface area contributed by atoms with Gasteiger partial charge in [0.25, 0.3) is 0 Å². The van der Waals surface area contributed by atoms with E-state index < -0.39 is 0 Å². The summed E-state index contributed by atoms with van der Waals surface area (Å²) in [5.74, 6) is -0.380. The van der Waals surface area contributed by atoms with E-state index in [-0.39, 0.29) is 11.7 Å². The highest BCUT2D eigenvalue weighted by Crippen LogP contribution is 2.13. The van der Waals surface area contributed by atoms with E-state index in [2.05, 4.69) is 10.6 Å². The molecule has 1 amide bonds. The number of anilines is 1. The molecular weight excluding hydrogens is 231 g/mol. The Morgan fingerprint density at radius 1 is 1.44 bits per heavy atom. The summed E-state index contributed by atoms with van der Waals surface area (Å²) in [6.45, 7) is 1.05. The molecule has 2 rings (SSSR count). The summed E-state index contributed by atoms with van der Waals surface area (Å²) < 4.78 is 12.9. The standard InChI is InChI=1S/C14H19FN2O/c15-11-4-3-6-13(10-11)17-14(18)8-7-12-5-1-2-9-16-12/h3-4,6,10,12,16H,1-2,5,7-9H2,(H,17,18). The Hall–Kier alpha value is -1.42. The molecule has 1 atom stereocenters. The van der Waals surface area contributed by atoms with Crippen molar-refractivity contribution in [3.05, 3.63) is 30.1 Å². The van der Waals surface area contributed by atoms with Gasteiger partial charge in [0.05, 0.1) is 0 Å². The minimum atomic E-state index is -0.332. The van der Waals surface area contributed by atoms with Gasteiger partial charge in [0.15, 0.2) is 0 Å². The molecule has 1 fully saturated rings. The van der Waals surface area contributed by atoms with Crippen molar-refractivity contribution in [3.63, 3.8) is 0 Å². The fourth-order valence-electron chi connectivity index (χ4n) is 2.27. The van der Waals surface area contributed by atoms with Crippen molar-refractivity contribution in [1.82, 2.24) is 5.32 Å². The van der Waals surface area contributed by atoms with Gasteiger partial charge < -0.3 is 10.6 Å². The number of nitrogens with one attached hydrogen (secondary N) is 2. The summed E-state index contributed by atoms with van der Waals surface area (Å²) in [7, 11) is 0. The number of carbonyl (C=O) groups excluding carboxylic acids is 1. The van der Waals surface area contributed by atoms with Crippen molar-refractivity contribution in [3.8, 4) is 0 Å². The molecule has 1 aromatic carbocycles. The third-order valence-corrected chi connectivity index (χ3v) is 3.24. The third kappa shape index (κ3) is 4.11. The van der Waals surface area contributed by atoms with Gasteiger partial charge in [-0.1, -0.05) is 12.5 Å². The van der Waals surface area contributed by atoms with Crippen molar-refractivity contribution in [2.24, 2.45) is 0 Å². The van der Waals surface area contributed by atoms with Crippen molar-refractivity contribution >= 4 is 11.6 Å². The Bertz CT molecular complexity index is 403. The van der Waals surface area contributed by atoms with Crippen LogP contribution in [0.5, 0.6) is 0 Å². The number of hydrogen-bond acceptors (Lipinski definition) is 2. The molecule has 1 unspecified atom stereocenters. The molecule has 1 aliphatic rings. The van der Waals surface area contributed by atoms with Crippen LogP contribution < -0.4 is 10.6 Å². The van der Waals surface area contributed by atoms with Gasteiger partial charge in [-0.15, -0.1) is 0 Å². The first-order valence-corrected chi connectivity index (χ1v) is 6.53. The van der Waals surface area contributed by atoms with E-state index in [0.717, 1.165) is 19.4 Å². The zero-order valence-corrected chi connectivity index (χ0v) is 10.4. The zero-order valence-electron chi connectivity index (χ0n) is 10.4. The highest BCUT2D eigenvalue weighted by Gasteiger charge is 2.14. The predicted octanol–water partition coefficient (Wildman–Crippen LogP) is 2.69. The maximum atomic E-state index is 12.9. The lowest BCUT2D eigenvalue weighted by Gasteiger charge is -2.23. The number of amides is 1. The molecule has 0 saturated carbocycles. The fraction of sp³-hybridized carbons (Fsp3) is 0.500. The second-order valence-corrected chi connectivity index (χ2v) is 4.74. The molecule has 0 bridgehead atoms. The maximum absolute atomic E-state index is 12.9. The Kier molecular flexibility index (Phi) is 4.70. The summed E-state index contributed by atoms with van der Waals surface area (Å²) >= 11 is 0. The molecule has 0 spiro atoms. The molecule has 2 N–H and O–H groups in total. The molecular formula is C14H19FN2O. The van der Waals surface area contributed by atoms with Crippen LogP contribution in [0.15, 0.2) is 24.3 Å². The number of rotatable bonds is 4. The molecule has 98 valence electrons. The van der Waals surface area contributed by atoms with E-state index >= 15 is 0 Å². The Balaban J connectivity index is 1.74. The van der Waals surface area contributed by atoms with Gasteiger partial charge in [0.2, 0.25) is 5.91 Å². The average Bonchev–Trinajstić information content (AvgIpc) is 2.38. The van der Waals surface area contributed by atoms with Gasteiger partial charge >= 0.3 is 0 Å². The lowest BCUT2D eigenvalue weighted by Crippen LogP contribution is -2.34. The van der Waals surface area contributed by atoms with Crippen LogP contribution in [0.1, 0.15) is 32.1 Å². The molecule has 1 heterocycles. The molecule has 3 nitrogen and oxygen atoms in total. The smallest absolute Gasteiger partial charge is 0.224 e. The Morgan fingerprint density at radius 3 is 3.06 bits per heavy atom. The van der Waals surface area contributed by atoms with Crippen LogP contribution >= 0.6 is 0 Å². The predicted molar refractivity (Wildman–Crippen MR) is 69.9 cm³/mol. The lowest BCUT2D eigenvalue weighted by molar-refractivity contribution is -0.116. The van der Waals surface area contributed by atoms with Crippen molar-refractivity contribution in [1.29, 1.82) is 0 Å². The van der Waals surface area contributed by atoms with Crippen LogP contribution in [0.3, 0.4) is 0 Å². The van der Waals surface area contributed by atoms with E-state index in [1.165, 1.54) is 25.0 Å². The molecule has 4 heteroatoms. The summed E-state index contributed by atoms with van der Waals surface area (Å²) in [6.07, 6.45) is 4.94. The van der Waals surface area contributed by atoms with Gasteiger partial charge in [0.1, 0.15) is 5.82 Å². The number of halogens is 1. The summed E-state index contributed by atoms with van der Waals surface area (Å²) in [6, 6.07) is 6.43. The van der Waals surface area contributed by atoms with Crippen LogP contribution in [0.4, 0.5) is 10.1 Å². The second kappa shape index (κ2) is 6.50. The number of benzene rings is 1. The monoisotopic (exact) mass is 250 g/mol. The van der Waals surface area contributed by atoms with Gasteiger partial charge in [-0.3, -0.25) is 4.79 Å². The SMILES string of the molecule is O=C(CCC1CCCCN1)Nc1cccc(F)c1. The molecule has 1 aromatic rings. The normalized spacial score (nSPS) is 19.5. The van der Waals surface area contributed by atoms with Crippen molar-refractivity contribution < 1.29 is 9.18 Å². The van der Waals surface area contributed by atoms with E-state index in [1.807, 2.05) is 0 Å². The largest absolute Gasteiger partial charge is 0.326 e. The third-order valence-electron chi connectivity index (χ3n) is 3.24. The number of carbonyl (C=O) groups is 1. The summed E-state index contributed by atoms with van der Waals surface area (Å²) in [5, 5.41) is 6.12. The topological polar surface area (TPSA) is 41.1 Å². The van der Waals surface area contributed by atoms with Crippen LogP contribution in [-0.2, 0) is 4.79 Å². The van der Waals surface area contributed by atoms with E-state index in [1.54, 1.807) is 12.1 Å². The lowest BCUT2D eigenvalue weighted by atomic mass is 10.0. The molecule has 18 heavy (non-hydrogen) atoms. The maximum Gasteiger partial charge on any atom is 0.224 e. The number of piperidine rings is 1. The minimum absolute atomic E-state index is 0.0482. The first kappa shape index (κ1) is 13.0. The highest BCUT2D eigenvalue weighted by atomic mass is 19.1. The first-order chi connectivity index (χ1) is 8.74. The van der Waals surface area contributed by atoms with Crippen LogP contribution in [0.25, 0.3) is 0 Å². The van der Waals surface area contributed by atoms with Gasteiger partial charge in [-0.25, -0.2) is 4.39 Å². The molecule has 0 radical (unpaired) electrons. The van der Waals surface area contributed by atoms with Crippen LogP contribution in [0, 0.1) is 5.82 Å². The van der Waals surface area contributed by atoms with E-state index in [0.29, 0.717) is 18.2 Å². The van der Waals surface area contributed by atoms with Gasteiger partial charge in [0, 0.05) is 18.2 Å². The minimum Gasteiger partial charge on any atom is -0.326 e. The van der Waals surface area contributed by atoms with Crippen LogP contribution in [-0.4, -0.2) is 18.5 Å². The summed E-state index contributed by atoms with van der Waals surface area (Å²) in [4.78, 5) is 11.7. The molecule has 0 aromatic heterocycles. The zero-order chi connectivity index (χ0) is 12.8.